The molecule has 23 heavy (non-hydrogen) atoms. The Hall–Kier alpha value is -2.66. The van der Waals surface area contributed by atoms with Crippen LogP contribution in [-0.4, -0.2) is 29.5 Å². The van der Waals surface area contributed by atoms with Gasteiger partial charge in [-0.05, 0) is 36.4 Å². The van der Waals surface area contributed by atoms with Crippen molar-refractivity contribution in [2.75, 3.05) is 19.0 Å². The van der Waals surface area contributed by atoms with E-state index in [9.17, 15) is 9.50 Å². The summed E-state index contributed by atoms with van der Waals surface area (Å²) in [5.41, 5.74) is 9.12. The van der Waals surface area contributed by atoms with E-state index in [1.165, 1.54) is 0 Å². The highest BCUT2D eigenvalue weighted by atomic mass is 19.1. The van der Waals surface area contributed by atoms with E-state index in [4.69, 9.17) is 10.5 Å². The van der Waals surface area contributed by atoms with Crippen LogP contribution in [-0.2, 0) is 0 Å². The molecule has 5 heteroatoms. The van der Waals surface area contributed by atoms with Gasteiger partial charge in [-0.2, -0.15) is 0 Å². The van der Waals surface area contributed by atoms with Crippen LogP contribution < -0.4 is 10.5 Å². The van der Waals surface area contributed by atoms with Gasteiger partial charge < -0.3 is 15.6 Å². The van der Waals surface area contributed by atoms with E-state index in [-0.39, 0.29) is 6.61 Å². The molecule has 4 nitrogen and oxygen atoms in total. The molecule has 2 aromatic carbocycles. The maximum Gasteiger partial charge on any atom is 0.120 e. The molecule has 0 aliphatic rings. The number of aromatic nitrogens is 1. The van der Waals surface area contributed by atoms with Crippen molar-refractivity contribution < 1.29 is 14.2 Å². The van der Waals surface area contributed by atoms with Crippen molar-refractivity contribution in [1.29, 1.82) is 0 Å². The lowest BCUT2D eigenvalue weighted by atomic mass is 10.1. The summed E-state index contributed by atoms with van der Waals surface area (Å²) in [5, 5.41) is 10.1. The van der Waals surface area contributed by atoms with Crippen LogP contribution in [0.15, 0.2) is 54.6 Å². The van der Waals surface area contributed by atoms with Crippen molar-refractivity contribution in [2.24, 2.45) is 0 Å². The largest absolute Gasteiger partial charge is 0.491 e. The molecule has 3 N–H and O–H groups in total. The van der Waals surface area contributed by atoms with Crippen molar-refractivity contribution in [3.63, 3.8) is 0 Å². The zero-order valence-electron chi connectivity index (χ0n) is 12.4. The number of alkyl halides is 1. The van der Waals surface area contributed by atoms with Gasteiger partial charge >= 0.3 is 0 Å². The number of aliphatic hydroxyl groups is 1. The number of hydrogen-bond donors (Lipinski definition) is 2. The van der Waals surface area contributed by atoms with Crippen LogP contribution in [0.1, 0.15) is 0 Å². The predicted octanol–water partition coefficient (Wildman–Crippen LogP) is 3.19. The lowest BCUT2D eigenvalue weighted by molar-refractivity contribution is 0.0842. The number of rotatable bonds is 5. The van der Waals surface area contributed by atoms with E-state index in [0.29, 0.717) is 11.4 Å². The SMILES string of the molecule is Nc1cccc(-c2ccc3cc(OCC(O)CF)ccc3n2)c1. The minimum Gasteiger partial charge on any atom is -0.491 e. The Bertz CT molecular complexity index is 823. The number of nitrogens with two attached hydrogens (primary N) is 1. The van der Waals surface area contributed by atoms with Gasteiger partial charge in [0.05, 0.1) is 11.2 Å². The van der Waals surface area contributed by atoms with E-state index >= 15 is 0 Å². The van der Waals surface area contributed by atoms with Gasteiger partial charge in [-0.15, -0.1) is 0 Å². The lowest BCUT2D eigenvalue weighted by Gasteiger charge is -2.10. The average Bonchev–Trinajstić information content (AvgIpc) is 2.59. The van der Waals surface area contributed by atoms with E-state index in [0.717, 1.165) is 22.2 Å². The highest BCUT2D eigenvalue weighted by Crippen LogP contribution is 2.25. The fourth-order valence-electron chi connectivity index (χ4n) is 2.29. The molecule has 0 aliphatic carbocycles. The minimum absolute atomic E-state index is 0.0726. The maximum absolute atomic E-state index is 12.2. The number of fused-ring (bicyclic) bond motifs is 1. The highest BCUT2D eigenvalue weighted by Gasteiger charge is 2.06. The number of nitrogens with zero attached hydrogens (tertiary/aromatic N) is 1. The number of aliphatic hydroxyl groups excluding tert-OH is 1. The van der Waals surface area contributed by atoms with Gasteiger partial charge in [-0.3, -0.25) is 0 Å². The first kappa shape index (κ1) is 15.2. The third-order valence-corrected chi connectivity index (χ3v) is 3.46. The number of pyridine rings is 1. The summed E-state index contributed by atoms with van der Waals surface area (Å²) in [4.78, 5) is 4.62. The summed E-state index contributed by atoms with van der Waals surface area (Å²) in [5.74, 6) is 0.573. The summed E-state index contributed by atoms with van der Waals surface area (Å²) in [7, 11) is 0. The van der Waals surface area contributed by atoms with Gasteiger partial charge in [0.1, 0.15) is 25.1 Å². The van der Waals surface area contributed by atoms with E-state index < -0.39 is 12.8 Å². The fraction of sp³-hybridized carbons (Fsp3) is 0.167. The van der Waals surface area contributed by atoms with Crippen LogP contribution in [0, 0.1) is 0 Å². The second-order valence-electron chi connectivity index (χ2n) is 5.30. The molecule has 1 atom stereocenters. The summed E-state index contributed by atoms with van der Waals surface area (Å²) in [6.45, 7) is -0.893. The first-order chi connectivity index (χ1) is 11.2. The average molecular weight is 312 g/mol. The Morgan fingerprint density at radius 3 is 2.78 bits per heavy atom. The monoisotopic (exact) mass is 312 g/mol. The molecular weight excluding hydrogens is 295 g/mol. The molecule has 0 saturated carbocycles. The molecule has 0 aliphatic heterocycles. The number of ether oxygens (including phenoxy) is 1. The molecule has 0 spiro atoms. The minimum atomic E-state index is -1.10. The van der Waals surface area contributed by atoms with Crippen LogP contribution >= 0.6 is 0 Å². The van der Waals surface area contributed by atoms with Gasteiger partial charge in [0, 0.05) is 16.6 Å². The second kappa shape index (κ2) is 6.62. The van der Waals surface area contributed by atoms with Gasteiger partial charge in [0.25, 0.3) is 0 Å². The molecule has 0 saturated heterocycles. The van der Waals surface area contributed by atoms with Gasteiger partial charge in [-0.25, -0.2) is 9.37 Å². The first-order valence-electron chi connectivity index (χ1n) is 7.29. The molecule has 1 aromatic heterocycles. The van der Waals surface area contributed by atoms with Crippen LogP contribution in [0.4, 0.5) is 10.1 Å². The molecular formula is C18H17FN2O2. The molecule has 1 unspecified atom stereocenters. The fourth-order valence-corrected chi connectivity index (χ4v) is 2.29. The number of benzene rings is 2. The van der Waals surface area contributed by atoms with Gasteiger partial charge in [0.2, 0.25) is 0 Å². The number of anilines is 1. The summed E-state index contributed by atoms with van der Waals surface area (Å²) < 4.78 is 17.6. The van der Waals surface area contributed by atoms with Crippen LogP contribution in [0.3, 0.4) is 0 Å². The second-order valence-corrected chi connectivity index (χ2v) is 5.30. The number of hydrogen-bond acceptors (Lipinski definition) is 4. The van der Waals surface area contributed by atoms with Crippen molar-refractivity contribution >= 4 is 16.6 Å². The van der Waals surface area contributed by atoms with Gasteiger partial charge in [0.15, 0.2) is 0 Å². The maximum atomic E-state index is 12.2. The topological polar surface area (TPSA) is 68.4 Å². The summed E-state index contributed by atoms with van der Waals surface area (Å²) in [6.07, 6.45) is -1.10. The highest BCUT2D eigenvalue weighted by molar-refractivity contribution is 5.83. The Morgan fingerprint density at radius 1 is 1.13 bits per heavy atom. The molecule has 118 valence electrons. The molecule has 0 fully saturated rings. The number of halogens is 1. The van der Waals surface area contributed by atoms with E-state index in [2.05, 4.69) is 4.98 Å². The third-order valence-electron chi connectivity index (χ3n) is 3.46. The van der Waals surface area contributed by atoms with Crippen LogP contribution in [0.2, 0.25) is 0 Å². The van der Waals surface area contributed by atoms with Crippen LogP contribution in [0.5, 0.6) is 5.75 Å². The standard InChI is InChI=1S/C18H17FN2O2/c19-10-15(22)11-23-16-5-7-18-13(9-16)4-6-17(21-18)12-2-1-3-14(20)8-12/h1-9,15,22H,10-11,20H2. The Balaban J connectivity index is 1.87. The molecule has 3 aromatic rings. The smallest absolute Gasteiger partial charge is 0.120 e. The Kier molecular flexibility index (Phi) is 4.39. The lowest BCUT2D eigenvalue weighted by Crippen LogP contribution is -2.19. The van der Waals surface area contributed by atoms with Crippen LogP contribution in [0.25, 0.3) is 22.2 Å². The molecule has 0 radical (unpaired) electrons. The quantitative estimate of drug-likeness (QED) is 0.710. The molecule has 0 bridgehead atoms. The van der Waals surface area contributed by atoms with E-state index in [1.807, 2.05) is 48.5 Å². The van der Waals surface area contributed by atoms with Crippen molar-refractivity contribution in [3.05, 3.63) is 54.6 Å². The molecule has 1 heterocycles. The van der Waals surface area contributed by atoms with Crippen molar-refractivity contribution in [1.82, 2.24) is 4.98 Å². The zero-order valence-corrected chi connectivity index (χ0v) is 12.4. The van der Waals surface area contributed by atoms with Crippen molar-refractivity contribution in [3.8, 4) is 17.0 Å². The summed E-state index contributed by atoms with van der Waals surface area (Å²) in [6, 6.07) is 16.8. The van der Waals surface area contributed by atoms with Gasteiger partial charge in [-0.1, -0.05) is 18.2 Å². The predicted molar refractivity (Wildman–Crippen MR) is 89.1 cm³/mol. The Labute approximate surface area is 133 Å². The van der Waals surface area contributed by atoms with Crippen molar-refractivity contribution in [2.45, 2.75) is 6.10 Å². The Morgan fingerprint density at radius 2 is 2.00 bits per heavy atom. The normalized spacial score (nSPS) is 12.3. The van der Waals surface area contributed by atoms with E-state index in [1.54, 1.807) is 6.07 Å². The third kappa shape index (κ3) is 3.57. The summed E-state index contributed by atoms with van der Waals surface area (Å²) >= 11 is 0. The first-order valence-corrected chi connectivity index (χ1v) is 7.29. The zero-order chi connectivity index (χ0) is 16.2. The molecule has 0 amide bonds. The number of nitrogen functional groups attached to an aromatic ring is 1. The molecule has 3 rings (SSSR count).